The fraction of sp³-hybridized carbons (Fsp3) is 0.667. The second-order valence-corrected chi connectivity index (χ2v) is 3.44. The predicted molar refractivity (Wildman–Crippen MR) is 42.1 cm³/mol. The van der Waals surface area contributed by atoms with Crippen LogP contribution in [0.25, 0.3) is 0 Å². The Balaban J connectivity index is 2.80. The largest absolute Gasteiger partial charge is 0.392 e. The highest BCUT2D eigenvalue weighted by molar-refractivity contribution is 5.55. The van der Waals surface area contributed by atoms with Crippen LogP contribution in [0.2, 0.25) is 0 Å². The molecule has 0 saturated heterocycles. The summed E-state index contributed by atoms with van der Waals surface area (Å²) in [6.07, 6.45) is -2.07. The van der Waals surface area contributed by atoms with Crippen LogP contribution in [0.1, 0.15) is 19.8 Å². The normalized spacial score (nSPS) is 29.7. The lowest BCUT2D eigenvalue weighted by Gasteiger charge is -2.28. The van der Waals surface area contributed by atoms with Crippen molar-refractivity contribution in [3.05, 3.63) is 11.6 Å². The number of carbonyl (C=O) groups excluding carboxylic acids is 1. The molecule has 1 aliphatic carbocycles. The van der Waals surface area contributed by atoms with E-state index in [2.05, 4.69) is 0 Å². The van der Waals surface area contributed by atoms with E-state index >= 15 is 0 Å². The molecular weight excluding hydrogens is 181 g/mol. The lowest BCUT2D eigenvalue weighted by atomic mass is 9.80. The van der Waals surface area contributed by atoms with Crippen molar-refractivity contribution in [1.29, 1.82) is 0 Å². The Hall–Kier alpha value is -0.800. The molecule has 0 N–H and O–H groups in total. The van der Waals surface area contributed by atoms with Crippen molar-refractivity contribution in [2.45, 2.75) is 25.9 Å². The minimum atomic E-state index is -4.25. The van der Waals surface area contributed by atoms with E-state index < -0.39 is 18.0 Å². The molecule has 0 heterocycles. The molecule has 13 heavy (non-hydrogen) atoms. The van der Waals surface area contributed by atoms with E-state index in [-0.39, 0.29) is 12.8 Å². The molecule has 0 aromatic rings. The van der Waals surface area contributed by atoms with Crippen molar-refractivity contribution in [1.82, 2.24) is 0 Å². The van der Waals surface area contributed by atoms with Crippen molar-refractivity contribution >= 4 is 6.29 Å². The van der Waals surface area contributed by atoms with Crippen molar-refractivity contribution < 1.29 is 18.0 Å². The zero-order chi connectivity index (χ0) is 10.1. The molecule has 0 amide bonds. The van der Waals surface area contributed by atoms with Crippen LogP contribution in [0.4, 0.5) is 13.2 Å². The van der Waals surface area contributed by atoms with Gasteiger partial charge in [-0.2, -0.15) is 13.2 Å². The van der Waals surface area contributed by atoms with Gasteiger partial charge < -0.3 is 4.79 Å². The minimum absolute atomic E-state index is 0.0568. The van der Waals surface area contributed by atoms with Gasteiger partial charge in [0.15, 0.2) is 0 Å². The number of rotatable bonds is 1. The molecule has 0 aromatic heterocycles. The topological polar surface area (TPSA) is 17.1 Å². The Morgan fingerprint density at radius 1 is 1.54 bits per heavy atom. The lowest BCUT2D eigenvalue weighted by Crippen LogP contribution is -2.33. The maximum Gasteiger partial charge on any atom is 0.392 e. The highest BCUT2D eigenvalue weighted by Gasteiger charge is 2.44. The van der Waals surface area contributed by atoms with Gasteiger partial charge >= 0.3 is 6.18 Å². The summed E-state index contributed by atoms with van der Waals surface area (Å²) in [5, 5.41) is 0. The van der Waals surface area contributed by atoms with Crippen LogP contribution in [-0.2, 0) is 4.79 Å². The van der Waals surface area contributed by atoms with Gasteiger partial charge in [-0.15, -0.1) is 0 Å². The van der Waals surface area contributed by atoms with Crippen molar-refractivity contribution in [2.75, 3.05) is 0 Å². The Morgan fingerprint density at radius 2 is 2.15 bits per heavy atom. The quantitative estimate of drug-likeness (QED) is 0.461. The fourth-order valence-electron chi connectivity index (χ4n) is 1.62. The van der Waals surface area contributed by atoms with E-state index in [0.717, 1.165) is 5.57 Å². The van der Waals surface area contributed by atoms with E-state index in [9.17, 15) is 18.0 Å². The van der Waals surface area contributed by atoms with Crippen LogP contribution in [-0.4, -0.2) is 12.5 Å². The molecule has 0 radical (unpaired) electrons. The van der Waals surface area contributed by atoms with Gasteiger partial charge in [0.05, 0.1) is 5.92 Å². The molecule has 1 rings (SSSR count). The van der Waals surface area contributed by atoms with Gasteiger partial charge in [0.2, 0.25) is 0 Å². The van der Waals surface area contributed by atoms with E-state index in [4.69, 9.17) is 0 Å². The second-order valence-electron chi connectivity index (χ2n) is 3.44. The number of hydrogen-bond donors (Lipinski definition) is 0. The molecule has 0 bridgehead atoms. The third-order valence-corrected chi connectivity index (χ3v) is 2.39. The molecule has 2 atom stereocenters. The molecule has 0 fully saturated rings. The van der Waals surface area contributed by atoms with Crippen LogP contribution in [0.3, 0.4) is 0 Å². The smallest absolute Gasteiger partial charge is 0.303 e. The molecular formula is C9H11F3O. The van der Waals surface area contributed by atoms with Crippen molar-refractivity contribution in [3.63, 3.8) is 0 Å². The summed E-state index contributed by atoms with van der Waals surface area (Å²) >= 11 is 0. The van der Waals surface area contributed by atoms with E-state index in [0.29, 0.717) is 6.29 Å². The third kappa shape index (κ3) is 2.32. The van der Waals surface area contributed by atoms with Crippen LogP contribution in [0.15, 0.2) is 11.6 Å². The van der Waals surface area contributed by atoms with Gasteiger partial charge in [-0.05, 0) is 19.8 Å². The van der Waals surface area contributed by atoms with Crippen LogP contribution in [0.5, 0.6) is 0 Å². The first-order valence-electron chi connectivity index (χ1n) is 4.12. The number of alkyl halides is 3. The average Bonchev–Trinajstić information content (AvgIpc) is 2.01. The molecule has 0 spiro atoms. The van der Waals surface area contributed by atoms with Gasteiger partial charge in [-0.3, -0.25) is 0 Å². The minimum Gasteiger partial charge on any atom is -0.303 e. The zero-order valence-corrected chi connectivity index (χ0v) is 7.27. The van der Waals surface area contributed by atoms with Gasteiger partial charge in [0.1, 0.15) is 6.29 Å². The first-order chi connectivity index (χ1) is 5.95. The molecule has 0 aliphatic heterocycles. The molecule has 0 aromatic carbocycles. The van der Waals surface area contributed by atoms with E-state index in [1.54, 1.807) is 13.0 Å². The summed E-state index contributed by atoms with van der Waals surface area (Å²) in [5.41, 5.74) is 0.873. The van der Waals surface area contributed by atoms with Gasteiger partial charge in [0, 0.05) is 5.92 Å². The molecule has 1 nitrogen and oxygen atoms in total. The second kappa shape index (κ2) is 3.52. The first kappa shape index (κ1) is 10.3. The summed E-state index contributed by atoms with van der Waals surface area (Å²) < 4.78 is 37.0. The van der Waals surface area contributed by atoms with Gasteiger partial charge in [-0.1, -0.05) is 11.6 Å². The van der Waals surface area contributed by atoms with Gasteiger partial charge in [-0.25, -0.2) is 0 Å². The fourth-order valence-corrected chi connectivity index (χ4v) is 1.62. The SMILES string of the molecule is CC1=CC[C@@H](C(F)(F)F)[C@H](C=O)C1. The number of halogens is 3. The average molecular weight is 192 g/mol. The van der Waals surface area contributed by atoms with Crippen LogP contribution >= 0.6 is 0 Å². The maximum atomic E-state index is 12.3. The van der Waals surface area contributed by atoms with Crippen LogP contribution < -0.4 is 0 Å². The number of hydrogen-bond acceptors (Lipinski definition) is 1. The lowest BCUT2D eigenvalue weighted by molar-refractivity contribution is -0.188. The zero-order valence-electron chi connectivity index (χ0n) is 7.27. The Labute approximate surface area is 74.6 Å². The highest BCUT2D eigenvalue weighted by Crippen LogP contribution is 2.39. The number of aldehydes is 1. The monoisotopic (exact) mass is 192 g/mol. The molecule has 74 valence electrons. The number of allylic oxidation sites excluding steroid dienone is 2. The summed E-state index contributed by atoms with van der Waals surface area (Å²) in [4.78, 5) is 10.4. The summed E-state index contributed by atoms with van der Waals surface area (Å²) in [6.45, 7) is 1.75. The Bertz CT molecular complexity index is 230. The highest BCUT2D eigenvalue weighted by atomic mass is 19.4. The van der Waals surface area contributed by atoms with Crippen LogP contribution in [0, 0.1) is 11.8 Å². The molecule has 0 saturated carbocycles. The van der Waals surface area contributed by atoms with E-state index in [1.165, 1.54) is 0 Å². The van der Waals surface area contributed by atoms with Crippen molar-refractivity contribution in [2.24, 2.45) is 11.8 Å². The summed E-state index contributed by atoms with van der Waals surface area (Å²) in [6, 6.07) is 0. The predicted octanol–water partition coefficient (Wildman–Crippen LogP) is 2.72. The summed E-state index contributed by atoms with van der Waals surface area (Å²) in [7, 11) is 0. The molecule has 0 unspecified atom stereocenters. The van der Waals surface area contributed by atoms with E-state index in [1.807, 2.05) is 0 Å². The molecule has 1 aliphatic rings. The summed E-state index contributed by atoms with van der Waals surface area (Å²) in [5.74, 6) is -2.36. The van der Waals surface area contributed by atoms with Crippen molar-refractivity contribution in [3.8, 4) is 0 Å². The number of carbonyl (C=O) groups is 1. The molecule has 4 heteroatoms. The Kier molecular flexibility index (Phi) is 2.78. The standard InChI is InChI=1S/C9H11F3O/c1-6-2-3-8(9(10,11)12)7(4-6)5-13/h2,5,7-8H,3-4H2,1H3/t7-,8+/m0/s1. The Morgan fingerprint density at radius 3 is 2.62 bits per heavy atom. The first-order valence-corrected chi connectivity index (χ1v) is 4.12. The third-order valence-electron chi connectivity index (χ3n) is 2.39. The maximum absolute atomic E-state index is 12.3. The van der Waals surface area contributed by atoms with Gasteiger partial charge in [0.25, 0.3) is 0 Å².